The number of rotatable bonds is 5. The van der Waals surface area contributed by atoms with Crippen LogP contribution in [0.3, 0.4) is 0 Å². The summed E-state index contributed by atoms with van der Waals surface area (Å²) < 4.78 is 8.38. The number of carbonyl (C=O) groups excluding carboxylic acids is 2. The number of halogens is 1. The largest absolute Gasteiger partial charge is 0.469 e. The Morgan fingerprint density at radius 3 is 2.62 bits per heavy atom. The number of ketones is 1. The molecule has 0 amide bonds. The monoisotopic (exact) mass is 353 g/mol. The summed E-state index contributed by atoms with van der Waals surface area (Å²) in [4.78, 5) is 23.6. The van der Waals surface area contributed by atoms with Crippen LogP contribution in [0.5, 0.6) is 0 Å². The van der Waals surface area contributed by atoms with Gasteiger partial charge in [-0.2, -0.15) is 0 Å². The number of methoxy groups -OCH3 is 1. The van der Waals surface area contributed by atoms with Crippen LogP contribution in [-0.2, 0) is 29.5 Å². The fourth-order valence-electron chi connectivity index (χ4n) is 1.77. The van der Waals surface area contributed by atoms with Crippen LogP contribution in [-0.4, -0.2) is 34.0 Å². The van der Waals surface area contributed by atoms with Crippen molar-refractivity contribution in [2.45, 2.75) is 13.0 Å². The van der Waals surface area contributed by atoms with Crippen molar-refractivity contribution in [2.75, 3.05) is 7.11 Å². The van der Waals surface area contributed by atoms with Gasteiger partial charge in [0.1, 0.15) is 11.6 Å². The lowest BCUT2D eigenvalue weighted by atomic mass is 10.1. The van der Waals surface area contributed by atoms with Gasteiger partial charge in [0.25, 0.3) is 5.82 Å². The highest BCUT2D eigenvalue weighted by atomic mass is 79.9. The molecule has 0 aliphatic carbocycles. The summed E-state index contributed by atoms with van der Waals surface area (Å²) in [6.07, 6.45) is 0.00756. The standard InChI is InChI=1S/C13H14BrN4O3/c1-17-12(7-13(20)21-2)18(16-15-17)8-11(19)9-3-5-10(14)6-4-9/h3-6H,7-8H2,1-2H3/q+1. The van der Waals surface area contributed by atoms with Crippen LogP contribution in [0.2, 0.25) is 0 Å². The van der Waals surface area contributed by atoms with Crippen molar-refractivity contribution in [3.63, 3.8) is 0 Å². The van der Waals surface area contributed by atoms with E-state index in [-0.39, 0.29) is 18.7 Å². The molecule has 0 aliphatic heterocycles. The minimum absolute atomic E-state index is 0.00756. The first-order valence-electron chi connectivity index (χ1n) is 6.15. The lowest BCUT2D eigenvalue weighted by Gasteiger charge is -2.00. The molecule has 0 N–H and O–H groups in total. The highest BCUT2D eigenvalue weighted by molar-refractivity contribution is 9.10. The molecular formula is C13H14BrN4O3+. The molecule has 1 aromatic heterocycles. The van der Waals surface area contributed by atoms with Crippen LogP contribution >= 0.6 is 15.9 Å². The molecule has 0 bridgehead atoms. The Hall–Kier alpha value is -2.09. The van der Waals surface area contributed by atoms with E-state index >= 15 is 0 Å². The van der Waals surface area contributed by atoms with Crippen LogP contribution in [0.1, 0.15) is 16.2 Å². The third-order valence-corrected chi connectivity index (χ3v) is 3.47. The first-order valence-corrected chi connectivity index (χ1v) is 6.95. The highest BCUT2D eigenvalue weighted by Crippen LogP contribution is 2.11. The van der Waals surface area contributed by atoms with E-state index in [0.717, 1.165) is 4.47 Å². The Bertz CT molecular complexity index is 667. The molecule has 0 unspecified atom stereocenters. The summed E-state index contributed by atoms with van der Waals surface area (Å²) in [7, 11) is 2.97. The lowest BCUT2D eigenvalue weighted by molar-refractivity contribution is -0.738. The van der Waals surface area contributed by atoms with Crippen LogP contribution in [0.25, 0.3) is 0 Å². The summed E-state index contributed by atoms with van der Waals surface area (Å²) in [6, 6.07) is 7.04. The van der Waals surface area contributed by atoms with E-state index in [4.69, 9.17) is 0 Å². The molecule has 1 aromatic carbocycles. The maximum atomic E-state index is 12.2. The molecule has 0 fully saturated rings. The second-order valence-corrected chi connectivity index (χ2v) is 5.28. The van der Waals surface area contributed by atoms with E-state index in [1.54, 1.807) is 31.3 Å². The molecule has 110 valence electrons. The summed E-state index contributed by atoms with van der Waals surface area (Å²) in [5.41, 5.74) is 0.570. The van der Waals surface area contributed by atoms with Gasteiger partial charge in [0, 0.05) is 10.0 Å². The zero-order valence-corrected chi connectivity index (χ0v) is 13.2. The number of esters is 1. The molecule has 2 rings (SSSR count). The van der Waals surface area contributed by atoms with Gasteiger partial charge < -0.3 is 4.74 Å². The Kier molecular flexibility index (Phi) is 4.79. The van der Waals surface area contributed by atoms with Gasteiger partial charge in [-0.3, -0.25) is 9.59 Å². The maximum Gasteiger partial charge on any atom is 0.316 e. The zero-order valence-electron chi connectivity index (χ0n) is 11.6. The molecule has 0 atom stereocenters. The number of Topliss-reactive ketones (excluding diaryl/α,β-unsaturated/α-hetero) is 1. The Morgan fingerprint density at radius 2 is 2.00 bits per heavy atom. The third kappa shape index (κ3) is 3.72. The van der Waals surface area contributed by atoms with Gasteiger partial charge in [-0.25, -0.2) is 0 Å². The maximum absolute atomic E-state index is 12.2. The highest BCUT2D eigenvalue weighted by Gasteiger charge is 2.24. The zero-order chi connectivity index (χ0) is 15.4. The van der Waals surface area contributed by atoms with Gasteiger partial charge in [0.15, 0.2) is 11.8 Å². The van der Waals surface area contributed by atoms with E-state index in [1.807, 2.05) is 0 Å². The number of nitrogens with zero attached hydrogens (tertiary/aromatic N) is 4. The van der Waals surface area contributed by atoms with E-state index in [9.17, 15) is 9.59 Å². The summed E-state index contributed by atoms with van der Waals surface area (Å²) >= 11 is 3.32. The molecule has 21 heavy (non-hydrogen) atoms. The van der Waals surface area contributed by atoms with Crippen LogP contribution in [0.15, 0.2) is 28.7 Å². The van der Waals surface area contributed by atoms with Crippen molar-refractivity contribution in [1.29, 1.82) is 0 Å². The van der Waals surface area contributed by atoms with Crippen LogP contribution < -0.4 is 4.68 Å². The van der Waals surface area contributed by atoms with Gasteiger partial charge in [-0.05, 0) is 12.1 Å². The van der Waals surface area contributed by atoms with Crippen molar-refractivity contribution >= 4 is 27.7 Å². The molecule has 0 radical (unpaired) electrons. The van der Waals surface area contributed by atoms with Gasteiger partial charge in [0.05, 0.1) is 14.2 Å². The van der Waals surface area contributed by atoms with E-state index in [2.05, 4.69) is 31.1 Å². The molecule has 8 heteroatoms. The van der Waals surface area contributed by atoms with Crippen molar-refractivity contribution in [3.8, 4) is 0 Å². The third-order valence-electron chi connectivity index (χ3n) is 2.94. The van der Waals surface area contributed by atoms with Gasteiger partial charge in [-0.1, -0.05) is 32.7 Å². The topological polar surface area (TPSA) is 78.0 Å². The average Bonchev–Trinajstić information content (AvgIpc) is 2.80. The molecule has 0 saturated carbocycles. The minimum atomic E-state index is -0.412. The van der Waals surface area contributed by atoms with Gasteiger partial charge >= 0.3 is 5.97 Å². The summed E-state index contributed by atoms with van der Waals surface area (Å²) in [6.45, 7) is 0.0157. The van der Waals surface area contributed by atoms with E-state index in [0.29, 0.717) is 11.4 Å². The molecule has 1 heterocycles. The van der Waals surface area contributed by atoms with Crippen LogP contribution in [0.4, 0.5) is 0 Å². The number of hydrogen-bond acceptors (Lipinski definition) is 5. The lowest BCUT2D eigenvalue weighted by Crippen LogP contribution is -2.37. The number of ether oxygens (including phenoxy) is 1. The number of aryl methyl sites for hydroxylation is 1. The number of carbonyl (C=O) groups is 2. The molecule has 0 aliphatic rings. The van der Waals surface area contributed by atoms with Crippen molar-refractivity contribution in [2.24, 2.45) is 7.05 Å². The quantitative estimate of drug-likeness (QED) is 0.443. The Morgan fingerprint density at radius 1 is 1.33 bits per heavy atom. The normalized spacial score (nSPS) is 10.4. The Labute approximate surface area is 129 Å². The molecule has 0 saturated heterocycles. The summed E-state index contributed by atoms with van der Waals surface area (Å²) in [5.74, 6) is -0.0170. The van der Waals surface area contributed by atoms with Crippen molar-refractivity contribution in [3.05, 3.63) is 40.1 Å². The Balaban J connectivity index is 2.17. The predicted octanol–water partition coefficient (Wildman–Crippen LogP) is 0.463. The van der Waals surface area contributed by atoms with E-state index < -0.39 is 5.97 Å². The first kappa shape index (κ1) is 15.3. The van der Waals surface area contributed by atoms with Gasteiger partial charge in [0.2, 0.25) is 5.78 Å². The van der Waals surface area contributed by atoms with Crippen LogP contribution in [0, 0.1) is 0 Å². The fraction of sp³-hybridized carbons (Fsp3) is 0.308. The first-order chi connectivity index (χ1) is 10.0. The van der Waals surface area contributed by atoms with Gasteiger partial charge in [-0.15, -0.1) is 4.68 Å². The SMILES string of the molecule is COC(=O)Cc1n(CC(=O)c2ccc(Br)cc2)nn[n+]1C. The minimum Gasteiger partial charge on any atom is -0.469 e. The van der Waals surface area contributed by atoms with Crippen molar-refractivity contribution < 1.29 is 19.0 Å². The molecular weight excluding hydrogens is 340 g/mol. The number of benzene rings is 1. The number of hydrogen-bond donors (Lipinski definition) is 0. The van der Waals surface area contributed by atoms with E-state index in [1.165, 1.54) is 16.5 Å². The number of tetrazole rings is 1. The number of aromatic nitrogens is 4. The predicted molar refractivity (Wildman–Crippen MR) is 75.4 cm³/mol. The smallest absolute Gasteiger partial charge is 0.316 e. The fourth-order valence-corrected chi connectivity index (χ4v) is 2.04. The van der Waals surface area contributed by atoms with Crippen molar-refractivity contribution in [1.82, 2.24) is 15.1 Å². The second kappa shape index (κ2) is 6.57. The molecule has 2 aromatic rings. The summed E-state index contributed by atoms with van der Waals surface area (Å²) in [5, 5.41) is 7.70. The molecule has 0 spiro atoms. The molecule has 7 nitrogen and oxygen atoms in total. The second-order valence-electron chi connectivity index (χ2n) is 4.36. The average molecular weight is 354 g/mol.